The molecule has 13 heteroatoms. The van der Waals surface area contributed by atoms with E-state index in [4.69, 9.17) is 5.11 Å². The van der Waals surface area contributed by atoms with Crippen molar-refractivity contribution in [3.8, 4) is 0 Å². The van der Waals surface area contributed by atoms with Gasteiger partial charge >= 0.3 is 30.2 Å². The highest BCUT2D eigenvalue weighted by atomic mass is 28.3. The number of alkyl halides is 10. The Morgan fingerprint density at radius 1 is 0.828 bits per heavy atom. The number of hydrogen-bond acceptors (Lipinski definition) is 1. The number of aliphatic carboxylic acids is 1. The lowest BCUT2D eigenvalue weighted by molar-refractivity contribution is -0.283. The van der Waals surface area contributed by atoms with Crippen molar-refractivity contribution in [3.63, 3.8) is 0 Å². The fourth-order valence-electron chi connectivity index (χ4n) is 2.51. The quantitative estimate of drug-likeness (QED) is 0.154. The summed E-state index contributed by atoms with van der Waals surface area (Å²) in [5.74, 6) is -11.4. The van der Waals surface area contributed by atoms with Crippen molar-refractivity contribution in [2.75, 3.05) is 0 Å². The fraction of sp³-hybridized carbons (Fsp3) is 0.812. The molecule has 0 rings (SSSR count). The van der Waals surface area contributed by atoms with Gasteiger partial charge in [-0.1, -0.05) is 37.2 Å². The van der Waals surface area contributed by atoms with Crippen molar-refractivity contribution in [2.24, 2.45) is 0 Å². The zero-order valence-corrected chi connectivity index (χ0v) is 16.7. The molecule has 29 heavy (non-hydrogen) atoms. The highest BCUT2D eigenvalue weighted by Gasteiger charge is 2.59. The molecule has 0 radical (unpaired) electrons. The Morgan fingerprint density at radius 3 is 1.52 bits per heavy atom. The van der Waals surface area contributed by atoms with Gasteiger partial charge < -0.3 is 5.11 Å². The summed E-state index contributed by atoms with van der Waals surface area (Å²) in [5, 5.41) is 8.70. The van der Waals surface area contributed by atoms with Crippen molar-refractivity contribution < 1.29 is 53.8 Å². The van der Waals surface area contributed by atoms with Crippen LogP contribution in [0.2, 0.25) is 24.7 Å². The van der Waals surface area contributed by atoms with Crippen molar-refractivity contribution in [3.05, 3.63) is 11.6 Å². The van der Waals surface area contributed by atoms with Gasteiger partial charge in [0.2, 0.25) is 0 Å². The summed E-state index contributed by atoms with van der Waals surface area (Å²) in [7, 11) is -3.36. The van der Waals surface area contributed by atoms with Gasteiger partial charge in [-0.25, -0.2) is 4.79 Å². The predicted molar refractivity (Wildman–Crippen MR) is 87.9 cm³/mol. The van der Waals surface area contributed by atoms with Crippen LogP contribution >= 0.6 is 0 Å². The normalized spacial score (nSPS) is 15.0. The predicted octanol–water partition coefficient (Wildman–Crippen LogP) is 7.05. The van der Waals surface area contributed by atoms with Gasteiger partial charge in [0.25, 0.3) is 0 Å². The number of unbranched alkanes of at least 4 members (excludes halogenated alkanes) is 1. The van der Waals surface area contributed by atoms with E-state index in [-0.39, 0.29) is 24.5 Å². The number of carbonyl (C=O) groups is 1. The van der Waals surface area contributed by atoms with E-state index in [1.165, 1.54) is 19.5 Å². The molecule has 0 aliphatic carbocycles. The second-order valence-electron chi connectivity index (χ2n) is 7.30. The minimum atomic E-state index is -5.85. The van der Waals surface area contributed by atoms with Crippen LogP contribution < -0.4 is 0 Å². The zero-order valence-electron chi connectivity index (χ0n) is 15.7. The zero-order chi connectivity index (χ0) is 23.3. The first-order valence-electron chi connectivity index (χ1n) is 8.53. The molecule has 0 atom stereocenters. The van der Waals surface area contributed by atoms with E-state index in [9.17, 15) is 48.7 Å². The first-order valence-corrected chi connectivity index (χ1v) is 11.7. The van der Waals surface area contributed by atoms with Crippen molar-refractivity contribution in [1.29, 1.82) is 0 Å². The maximum absolute atomic E-state index is 13.2. The molecule has 0 aromatic heterocycles. The minimum absolute atomic E-state index is 0.0550. The third-order valence-electron chi connectivity index (χ3n) is 4.69. The Morgan fingerprint density at radius 2 is 1.21 bits per heavy atom. The largest absolute Gasteiger partial charge is 0.478 e. The minimum Gasteiger partial charge on any atom is -0.478 e. The lowest BCUT2D eigenvalue weighted by Gasteiger charge is -2.32. The van der Waals surface area contributed by atoms with E-state index in [0.29, 0.717) is 0 Å². The molecule has 0 bridgehead atoms. The summed E-state index contributed by atoms with van der Waals surface area (Å²) in [6.07, 6.45) is -13.7. The molecule has 0 spiro atoms. The van der Waals surface area contributed by atoms with Gasteiger partial charge in [-0.2, -0.15) is 43.9 Å². The summed E-state index contributed by atoms with van der Waals surface area (Å²) in [6.45, 7) is 2.46. The molecule has 0 heterocycles. The van der Waals surface area contributed by atoms with Crippen LogP contribution in [0.15, 0.2) is 11.6 Å². The molecule has 2 nitrogen and oxygen atoms in total. The van der Waals surface area contributed by atoms with Crippen LogP contribution in [0, 0.1) is 0 Å². The number of allylic oxidation sites excluding steroid dienone is 1. The number of hydrogen-bond donors (Lipinski definition) is 1. The number of carboxylic acids is 1. The molecule has 0 unspecified atom stereocenters. The molecule has 0 saturated heterocycles. The SMILES string of the molecule is CC(=CCCC[Si](C)(CCC(F)(F)C(F)(F)F)CCC(F)(F)C(F)(F)F)C(=O)O. The van der Waals surface area contributed by atoms with Crippen LogP contribution in [-0.2, 0) is 4.79 Å². The molecule has 0 aromatic carbocycles. The smallest absolute Gasteiger partial charge is 0.453 e. The molecule has 0 saturated carbocycles. The van der Waals surface area contributed by atoms with Crippen LogP contribution in [0.1, 0.15) is 32.6 Å². The Balaban J connectivity index is 5.26. The standard InChI is InChI=1S/C16H22F10O2Si/c1-11(12(27)28)5-3-4-8-29(2,9-6-13(17,18)15(21,22)23)10-7-14(19,20)16(24,25)26/h5H,3-4,6-10H2,1-2H3,(H,27,28). The number of halogens is 10. The third kappa shape index (κ3) is 8.95. The summed E-state index contributed by atoms with van der Waals surface area (Å²) in [4.78, 5) is 10.7. The van der Waals surface area contributed by atoms with Crippen LogP contribution in [0.5, 0.6) is 0 Å². The molecule has 0 aromatic rings. The monoisotopic (exact) mass is 464 g/mol. The molecule has 0 amide bonds. The summed E-state index contributed by atoms with van der Waals surface area (Å²) < 4.78 is 127. The van der Waals surface area contributed by atoms with E-state index in [1.807, 2.05) is 0 Å². The van der Waals surface area contributed by atoms with Gasteiger partial charge in [-0.15, -0.1) is 0 Å². The summed E-state index contributed by atoms with van der Waals surface area (Å²) in [5.41, 5.74) is -0.0550. The molecule has 172 valence electrons. The second-order valence-corrected chi connectivity index (χ2v) is 12.4. The Hall–Kier alpha value is -1.27. The molecular weight excluding hydrogens is 442 g/mol. The van der Waals surface area contributed by atoms with Gasteiger partial charge in [0.15, 0.2) is 0 Å². The van der Waals surface area contributed by atoms with E-state index in [0.717, 1.165) is 0 Å². The molecule has 0 fully saturated rings. The Bertz CT molecular complexity index is 551. The third-order valence-corrected chi connectivity index (χ3v) is 9.16. The van der Waals surface area contributed by atoms with E-state index in [2.05, 4.69) is 0 Å². The van der Waals surface area contributed by atoms with Gasteiger partial charge in [0, 0.05) is 18.4 Å². The van der Waals surface area contributed by atoms with Crippen LogP contribution in [0.3, 0.4) is 0 Å². The fourth-order valence-corrected chi connectivity index (χ4v) is 6.15. The van der Waals surface area contributed by atoms with Gasteiger partial charge in [-0.3, -0.25) is 0 Å². The number of rotatable bonds is 11. The average Bonchev–Trinajstić information content (AvgIpc) is 2.53. The number of carboxylic acid groups (broad SMARTS) is 1. The first-order chi connectivity index (χ1) is 12.7. The van der Waals surface area contributed by atoms with Crippen molar-refractivity contribution in [1.82, 2.24) is 0 Å². The molecule has 0 aliphatic heterocycles. The van der Waals surface area contributed by atoms with Crippen molar-refractivity contribution >= 4 is 14.0 Å². The Labute approximate surface area is 162 Å². The van der Waals surface area contributed by atoms with E-state index in [1.54, 1.807) is 0 Å². The molecule has 0 aliphatic rings. The molecule has 1 N–H and O–H groups in total. The second kappa shape index (κ2) is 9.69. The lowest BCUT2D eigenvalue weighted by atomic mass is 10.2. The average molecular weight is 464 g/mol. The first kappa shape index (κ1) is 27.7. The highest BCUT2D eigenvalue weighted by molar-refractivity contribution is 6.78. The van der Waals surface area contributed by atoms with E-state index < -0.39 is 63.2 Å². The maximum Gasteiger partial charge on any atom is 0.453 e. The topological polar surface area (TPSA) is 37.3 Å². The van der Waals surface area contributed by atoms with Gasteiger partial charge in [0.1, 0.15) is 0 Å². The lowest BCUT2D eigenvalue weighted by Crippen LogP contribution is -2.42. The summed E-state index contributed by atoms with van der Waals surface area (Å²) >= 11 is 0. The van der Waals surface area contributed by atoms with Gasteiger partial charge in [0.05, 0.1) is 8.07 Å². The Kier molecular flexibility index (Phi) is 9.26. The summed E-state index contributed by atoms with van der Waals surface area (Å²) in [6, 6.07) is -1.69. The van der Waals surface area contributed by atoms with Crippen LogP contribution in [0.4, 0.5) is 43.9 Å². The van der Waals surface area contributed by atoms with E-state index >= 15 is 0 Å². The highest BCUT2D eigenvalue weighted by Crippen LogP contribution is 2.44. The van der Waals surface area contributed by atoms with Crippen LogP contribution in [0.25, 0.3) is 0 Å². The van der Waals surface area contributed by atoms with Gasteiger partial charge in [-0.05, 0) is 13.3 Å². The maximum atomic E-state index is 13.2. The molecular formula is C16H22F10O2Si. The van der Waals surface area contributed by atoms with Crippen LogP contribution in [-0.4, -0.2) is 43.3 Å². The van der Waals surface area contributed by atoms with Crippen molar-refractivity contribution in [2.45, 2.75) is 81.5 Å².